The van der Waals surface area contributed by atoms with Crippen LogP contribution in [0.2, 0.25) is 0 Å². The molecule has 0 saturated carbocycles. The molecule has 0 amide bonds. The molecule has 5 aromatic rings. The van der Waals surface area contributed by atoms with E-state index in [0.717, 1.165) is 33.1 Å². The lowest BCUT2D eigenvalue weighted by atomic mass is 9.78. The molecule has 5 aromatic carbocycles. The lowest BCUT2D eigenvalue weighted by Gasteiger charge is -2.18. The molecule has 0 unspecified atom stereocenters. The molecule has 0 N–H and O–H groups in total. The van der Waals surface area contributed by atoms with E-state index in [1.165, 1.54) is 5.39 Å². The van der Waals surface area contributed by atoms with E-state index in [2.05, 4.69) is 42.5 Å². The molecule has 0 aliphatic carbocycles. The van der Waals surface area contributed by atoms with Crippen LogP contribution in [0, 0.1) is 0 Å². The maximum atomic E-state index is 6.41. The summed E-state index contributed by atoms with van der Waals surface area (Å²) in [5.41, 5.74) is 0.966. The quantitative estimate of drug-likeness (QED) is 0.360. The largest absolute Gasteiger partial charge is 0.632 e. The van der Waals surface area contributed by atoms with E-state index in [0.29, 0.717) is 0 Å². The van der Waals surface area contributed by atoms with Crippen LogP contribution < -0.4 is 14.8 Å². The van der Waals surface area contributed by atoms with Crippen molar-refractivity contribution in [3.8, 4) is 11.5 Å². The summed E-state index contributed by atoms with van der Waals surface area (Å²) in [7, 11) is -0.553. The average Bonchev–Trinajstić information content (AvgIpc) is 2.79. The van der Waals surface area contributed by atoms with Gasteiger partial charge in [0, 0.05) is 10.8 Å². The standard InChI is InChI=1S/C26H19BO2/c1-2-13-23(14-3-1)27(28-24-18-17-20-9-4-5-11-22(20)19-24)29-26-16-8-12-21-10-6-7-15-25(21)26/h1-19H. The highest BCUT2D eigenvalue weighted by Gasteiger charge is 2.27. The van der Waals surface area contributed by atoms with Crippen LogP contribution in [0.5, 0.6) is 11.5 Å². The van der Waals surface area contributed by atoms with Crippen molar-refractivity contribution >= 4 is 34.1 Å². The van der Waals surface area contributed by atoms with Crippen molar-refractivity contribution in [3.63, 3.8) is 0 Å². The number of fused-ring (bicyclic) bond motifs is 2. The van der Waals surface area contributed by atoms with Gasteiger partial charge < -0.3 is 9.31 Å². The summed E-state index contributed by atoms with van der Waals surface area (Å²) >= 11 is 0. The van der Waals surface area contributed by atoms with Crippen LogP contribution in [-0.2, 0) is 0 Å². The van der Waals surface area contributed by atoms with E-state index in [9.17, 15) is 0 Å². The Hall–Kier alpha value is -3.72. The van der Waals surface area contributed by atoms with E-state index in [1.807, 2.05) is 72.8 Å². The molecule has 0 atom stereocenters. The molecule has 0 radical (unpaired) electrons. The fourth-order valence-electron chi connectivity index (χ4n) is 3.55. The second-order valence-electron chi connectivity index (χ2n) is 6.96. The minimum atomic E-state index is -0.553. The van der Waals surface area contributed by atoms with Gasteiger partial charge in [0.05, 0.1) is 0 Å². The first-order valence-corrected chi connectivity index (χ1v) is 9.72. The van der Waals surface area contributed by atoms with Crippen molar-refractivity contribution < 1.29 is 9.31 Å². The Bertz CT molecular complexity index is 1260. The van der Waals surface area contributed by atoms with Gasteiger partial charge in [-0.15, -0.1) is 0 Å². The third-order valence-corrected chi connectivity index (χ3v) is 5.02. The zero-order valence-corrected chi connectivity index (χ0v) is 15.9. The summed E-state index contributed by atoms with van der Waals surface area (Å²) in [5.74, 6) is 1.58. The predicted octanol–water partition coefficient (Wildman–Crippen LogP) is 5.85. The number of hydrogen-bond donors (Lipinski definition) is 0. The second-order valence-corrected chi connectivity index (χ2v) is 6.96. The summed E-state index contributed by atoms with van der Waals surface area (Å²) < 4.78 is 12.7. The van der Waals surface area contributed by atoms with Crippen LogP contribution in [0.4, 0.5) is 0 Å². The van der Waals surface area contributed by atoms with Crippen molar-refractivity contribution in [1.82, 2.24) is 0 Å². The first kappa shape index (κ1) is 17.4. The smallest absolute Gasteiger partial charge is 0.522 e. The van der Waals surface area contributed by atoms with E-state index in [1.54, 1.807) is 0 Å². The minimum absolute atomic E-state index is 0.553. The molecule has 0 saturated heterocycles. The first-order valence-electron chi connectivity index (χ1n) is 9.72. The van der Waals surface area contributed by atoms with Crippen LogP contribution in [0.15, 0.2) is 115 Å². The molecule has 3 heteroatoms. The Labute approximate surface area is 170 Å². The number of rotatable bonds is 5. The van der Waals surface area contributed by atoms with Gasteiger partial charge in [0.2, 0.25) is 0 Å². The zero-order chi connectivity index (χ0) is 19.5. The van der Waals surface area contributed by atoms with Gasteiger partial charge in [-0.05, 0) is 34.4 Å². The molecule has 0 bridgehead atoms. The molecule has 0 heterocycles. The second kappa shape index (κ2) is 7.73. The van der Waals surface area contributed by atoms with Gasteiger partial charge in [0.25, 0.3) is 0 Å². The van der Waals surface area contributed by atoms with Crippen molar-refractivity contribution in [3.05, 3.63) is 115 Å². The fourth-order valence-corrected chi connectivity index (χ4v) is 3.55. The Balaban J connectivity index is 1.52. The third-order valence-electron chi connectivity index (χ3n) is 5.02. The lowest BCUT2D eigenvalue weighted by Crippen LogP contribution is -2.42. The van der Waals surface area contributed by atoms with E-state index in [-0.39, 0.29) is 0 Å². The molecule has 5 rings (SSSR count). The third kappa shape index (κ3) is 3.68. The van der Waals surface area contributed by atoms with Gasteiger partial charge in [-0.25, -0.2) is 0 Å². The summed E-state index contributed by atoms with van der Waals surface area (Å²) in [5, 5.41) is 4.54. The van der Waals surface area contributed by atoms with E-state index >= 15 is 0 Å². The highest BCUT2D eigenvalue weighted by Crippen LogP contribution is 2.27. The summed E-state index contributed by atoms with van der Waals surface area (Å²) in [6, 6.07) is 38.7. The van der Waals surface area contributed by atoms with Gasteiger partial charge in [-0.1, -0.05) is 97.1 Å². The average molecular weight is 374 g/mol. The predicted molar refractivity (Wildman–Crippen MR) is 121 cm³/mol. The highest BCUT2D eigenvalue weighted by atomic mass is 16.6. The summed E-state index contributed by atoms with van der Waals surface area (Å²) in [4.78, 5) is 0. The van der Waals surface area contributed by atoms with E-state index in [4.69, 9.17) is 9.31 Å². The van der Waals surface area contributed by atoms with Gasteiger partial charge in [0.15, 0.2) is 0 Å². The van der Waals surface area contributed by atoms with Crippen LogP contribution >= 0.6 is 0 Å². The molecule has 0 aromatic heterocycles. The molecular weight excluding hydrogens is 355 g/mol. The van der Waals surface area contributed by atoms with Crippen LogP contribution in [0.25, 0.3) is 21.5 Å². The SMILES string of the molecule is c1ccc(B(Oc2ccc3ccccc3c2)Oc2cccc3ccccc23)cc1. The van der Waals surface area contributed by atoms with Gasteiger partial charge in [0.1, 0.15) is 11.5 Å². The Kier molecular flexibility index (Phi) is 4.63. The summed E-state index contributed by atoms with van der Waals surface area (Å²) in [6.07, 6.45) is 0. The maximum Gasteiger partial charge on any atom is 0.632 e. The van der Waals surface area contributed by atoms with E-state index < -0.39 is 7.12 Å². The number of benzene rings is 5. The molecule has 0 fully saturated rings. The Morgan fingerprint density at radius 2 is 1.17 bits per heavy atom. The van der Waals surface area contributed by atoms with Crippen molar-refractivity contribution in [2.75, 3.05) is 0 Å². The highest BCUT2D eigenvalue weighted by molar-refractivity contribution is 6.62. The Morgan fingerprint density at radius 1 is 0.483 bits per heavy atom. The van der Waals surface area contributed by atoms with Crippen LogP contribution in [0.3, 0.4) is 0 Å². The minimum Gasteiger partial charge on any atom is -0.522 e. The molecule has 0 spiro atoms. The molecule has 138 valence electrons. The van der Waals surface area contributed by atoms with Gasteiger partial charge in [-0.3, -0.25) is 0 Å². The molecular formula is C26H19BO2. The van der Waals surface area contributed by atoms with Gasteiger partial charge in [-0.2, -0.15) is 0 Å². The van der Waals surface area contributed by atoms with Crippen molar-refractivity contribution in [2.45, 2.75) is 0 Å². The fraction of sp³-hybridized carbons (Fsp3) is 0. The topological polar surface area (TPSA) is 18.5 Å². The lowest BCUT2D eigenvalue weighted by molar-refractivity contribution is 0.442. The monoisotopic (exact) mass is 374 g/mol. The van der Waals surface area contributed by atoms with Crippen molar-refractivity contribution in [1.29, 1.82) is 0 Å². The van der Waals surface area contributed by atoms with Crippen LogP contribution in [0.1, 0.15) is 0 Å². The maximum absolute atomic E-state index is 6.41. The zero-order valence-electron chi connectivity index (χ0n) is 15.9. The Morgan fingerprint density at radius 3 is 2.03 bits per heavy atom. The van der Waals surface area contributed by atoms with Crippen molar-refractivity contribution in [2.24, 2.45) is 0 Å². The molecule has 0 aliphatic heterocycles. The number of hydrogen-bond acceptors (Lipinski definition) is 2. The first-order chi connectivity index (χ1) is 14.4. The normalized spacial score (nSPS) is 10.8. The molecule has 0 aliphatic rings. The van der Waals surface area contributed by atoms with Gasteiger partial charge >= 0.3 is 7.12 Å². The molecule has 2 nitrogen and oxygen atoms in total. The summed E-state index contributed by atoms with van der Waals surface area (Å²) in [6.45, 7) is 0. The van der Waals surface area contributed by atoms with Crippen LogP contribution in [-0.4, -0.2) is 7.12 Å². The molecule has 29 heavy (non-hydrogen) atoms.